The van der Waals surface area contributed by atoms with Crippen molar-refractivity contribution in [2.75, 3.05) is 0 Å². The third-order valence-electron chi connectivity index (χ3n) is 3.55. The molecule has 1 nitrogen and oxygen atoms in total. The Morgan fingerprint density at radius 2 is 1.65 bits per heavy atom. The monoisotopic (exact) mass is 242 g/mol. The molecule has 1 saturated carbocycles. The highest BCUT2D eigenvalue weighted by Crippen LogP contribution is 2.38. The first-order chi connectivity index (χ1) is 7.59. The number of phenolic OH excluding ortho intramolecular Hbond substituents is 1. The maximum Gasteiger partial charge on any atom is 0.200 e. The first kappa shape index (κ1) is 13.9. The van der Waals surface area contributed by atoms with Crippen molar-refractivity contribution in [3.63, 3.8) is 0 Å². The normalized spacial score (nSPS) is 24.2. The Balaban J connectivity index is 0.00000144. The molecule has 0 heterocycles. The molecule has 0 aromatic heterocycles. The Bertz CT molecular complexity index is 382. The number of hydrogen-bond acceptors (Lipinski definition) is 1. The predicted octanol–water partition coefficient (Wildman–Crippen LogP) is 4.60. The molecule has 3 heteroatoms. The summed E-state index contributed by atoms with van der Waals surface area (Å²) in [5.74, 6) is -1.81. The van der Waals surface area contributed by atoms with Gasteiger partial charge in [0.2, 0.25) is 5.82 Å². The average molecular weight is 242 g/mol. The third kappa shape index (κ3) is 2.76. The fourth-order valence-corrected chi connectivity index (χ4v) is 2.44. The standard InChI is InChI=1S/C13H16F2O.CH4/c1-8-2-4-9(5-3-8)10-6-7-11(16)13(15)12(10)14;/h6-9,16H,2-5H2,1H3;1H4. The Kier molecular flexibility index (Phi) is 4.49. The zero-order valence-electron chi connectivity index (χ0n) is 9.34. The second-order valence-electron chi connectivity index (χ2n) is 4.76. The van der Waals surface area contributed by atoms with E-state index in [0.717, 1.165) is 25.7 Å². The van der Waals surface area contributed by atoms with Crippen molar-refractivity contribution in [1.29, 1.82) is 0 Å². The largest absolute Gasteiger partial charge is 0.505 e. The van der Waals surface area contributed by atoms with Crippen LogP contribution in [0.2, 0.25) is 0 Å². The van der Waals surface area contributed by atoms with Crippen LogP contribution < -0.4 is 0 Å². The molecule has 2 rings (SSSR count). The number of halogens is 2. The summed E-state index contributed by atoms with van der Waals surface area (Å²) in [6.07, 6.45) is 3.93. The van der Waals surface area contributed by atoms with Gasteiger partial charge in [0.15, 0.2) is 11.6 Å². The Labute approximate surface area is 101 Å². The highest BCUT2D eigenvalue weighted by molar-refractivity contribution is 5.32. The molecule has 0 amide bonds. The molecule has 1 fully saturated rings. The number of phenols is 1. The molecule has 96 valence electrons. The molecule has 0 atom stereocenters. The molecule has 0 unspecified atom stereocenters. The molecule has 0 bridgehead atoms. The summed E-state index contributed by atoms with van der Waals surface area (Å²) in [6, 6.07) is 2.75. The Morgan fingerprint density at radius 1 is 1.06 bits per heavy atom. The van der Waals surface area contributed by atoms with E-state index in [4.69, 9.17) is 5.11 Å². The van der Waals surface area contributed by atoms with Crippen LogP contribution in [0.4, 0.5) is 8.78 Å². The van der Waals surface area contributed by atoms with Crippen LogP contribution in [-0.4, -0.2) is 5.11 Å². The number of aromatic hydroxyl groups is 1. The summed E-state index contributed by atoms with van der Waals surface area (Å²) >= 11 is 0. The summed E-state index contributed by atoms with van der Waals surface area (Å²) in [5.41, 5.74) is 0.419. The fourth-order valence-electron chi connectivity index (χ4n) is 2.44. The van der Waals surface area contributed by atoms with E-state index in [0.29, 0.717) is 11.5 Å². The van der Waals surface area contributed by atoms with Gasteiger partial charge >= 0.3 is 0 Å². The number of benzene rings is 1. The van der Waals surface area contributed by atoms with Gasteiger partial charge in [-0.15, -0.1) is 0 Å². The minimum absolute atomic E-state index is 0. The minimum Gasteiger partial charge on any atom is -0.505 e. The molecule has 17 heavy (non-hydrogen) atoms. The fraction of sp³-hybridized carbons (Fsp3) is 0.571. The van der Waals surface area contributed by atoms with Gasteiger partial charge in [-0.3, -0.25) is 0 Å². The summed E-state index contributed by atoms with van der Waals surface area (Å²) in [5, 5.41) is 9.05. The lowest BCUT2D eigenvalue weighted by Gasteiger charge is -2.26. The second kappa shape index (κ2) is 5.48. The smallest absolute Gasteiger partial charge is 0.200 e. The minimum atomic E-state index is -1.11. The van der Waals surface area contributed by atoms with Gasteiger partial charge in [-0.05, 0) is 36.3 Å². The van der Waals surface area contributed by atoms with E-state index in [2.05, 4.69) is 6.92 Å². The average Bonchev–Trinajstić information content (AvgIpc) is 2.28. The first-order valence-electron chi connectivity index (χ1n) is 5.76. The maximum absolute atomic E-state index is 13.6. The van der Waals surface area contributed by atoms with E-state index in [9.17, 15) is 8.78 Å². The highest BCUT2D eigenvalue weighted by Gasteiger charge is 2.24. The van der Waals surface area contributed by atoms with Crippen molar-refractivity contribution in [2.24, 2.45) is 5.92 Å². The van der Waals surface area contributed by atoms with Gasteiger partial charge in [0.05, 0.1) is 0 Å². The van der Waals surface area contributed by atoms with Crippen LogP contribution in [0.3, 0.4) is 0 Å². The molecular weight excluding hydrogens is 222 g/mol. The quantitative estimate of drug-likeness (QED) is 0.763. The predicted molar refractivity (Wildman–Crippen MR) is 65.1 cm³/mol. The molecule has 0 radical (unpaired) electrons. The molecular formula is C14H20F2O. The van der Waals surface area contributed by atoms with Crippen LogP contribution in [0.5, 0.6) is 5.75 Å². The van der Waals surface area contributed by atoms with E-state index in [-0.39, 0.29) is 13.3 Å². The van der Waals surface area contributed by atoms with Crippen LogP contribution >= 0.6 is 0 Å². The van der Waals surface area contributed by atoms with E-state index in [1.165, 1.54) is 12.1 Å². The first-order valence-corrected chi connectivity index (χ1v) is 5.76. The van der Waals surface area contributed by atoms with E-state index >= 15 is 0 Å². The Hall–Kier alpha value is -1.12. The summed E-state index contributed by atoms with van der Waals surface area (Å²) in [4.78, 5) is 0. The van der Waals surface area contributed by atoms with E-state index in [1.807, 2.05) is 0 Å². The number of rotatable bonds is 1. The van der Waals surface area contributed by atoms with Gasteiger partial charge in [-0.2, -0.15) is 4.39 Å². The molecule has 1 aliphatic rings. The highest BCUT2D eigenvalue weighted by atomic mass is 19.2. The summed E-state index contributed by atoms with van der Waals surface area (Å²) in [7, 11) is 0. The lowest BCUT2D eigenvalue weighted by Crippen LogP contribution is -2.12. The molecule has 0 spiro atoms. The van der Waals surface area contributed by atoms with Gasteiger partial charge in [0.1, 0.15) is 0 Å². The second-order valence-corrected chi connectivity index (χ2v) is 4.76. The topological polar surface area (TPSA) is 20.2 Å². The van der Waals surface area contributed by atoms with Crippen molar-refractivity contribution in [1.82, 2.24) is 0 Å². The van der Waals surface area contributed by atoms with Gasteiger partial charge in [0.25, 0.3) is 0 Å². The van der Waals surface area contributed by atoms with Crippen molar-refractivity contribution >= 4 is 0 Å². The maximum atomic E-state index is 13.6. The molecule has 1 aromatic rings. The van der Waals surface area contributed by atoms with Crippen LogP contribution in [-0.2, 0) is 0 Å². The van der Waals surface area contributed by atoms with Gasteiger partial charge in [-0.1, -0.05) is 33.3 Å². The van der Waals surface area contributed by atoms with Crippen LogP contribution in [0.15, 0.2) is 12.1 Å². The van der Waals surface area contributed by atoms with Crippen LogP contribution in [0, 0.1) is 17.6 Å². The van der Waals surface area contributed by atoms with Gasteiger partial charge in [0, 0.05) is 0 Å². The summed E-state index contributed by atoms with van der Waals surface area (Å²) in [6.45, 7) is 2.18. The molecule has 1 aromatic carbocycles. The van der Waals surface area contributed by atoms with E-state index < -0.39 is 17.4 Å². The van der Waals surface area contributed by atoms with Crippen LogP contribution in [0.25, 0.3) is 0 Å². The summed E-state index contributed by atoms with van der Waals surface area (Å²) < 4.78 is 26.8. The van der Waals surface area contributed by atoms with E-state index in [1.54, 1.807) is 0 Å². The van der Waals surface area contributed by atoms with Crippen LogP contribution in [0.1, 0.15) is 51.5 Å². The molecule has 0 aliphatic heterocycles. The van der Waals surface area contributed by atoms with Crippen molar-refractivity contribution in [3.8, 4) is 5.75 Å². The number of hydrogen-bond donors (Lipinski definition) is 1. The lowest BCUT2D eigenvalue weighted by molar-refractivity contribution is 0.336. The zero-order chi connectivity index (χ0) is 11.7. The van der Waals surface area contributed by atoms with Gasteiger partial charge < -0.3 is 5.11 Å². The third-order valence-corrected chi connectivity index (χ3v) is 3.55. The molecule has 1 N–H and O–H groups in total. The Morgan fingerprint density at radius 3 is 2.24 bits per heavy atom. The van der Waals surface area contributed by atoms with Crippen molar-refractivity contribution in [2.45, 2.75) is 46.0 Å². The SMILES string of the molecule is C.CC1CCC(c2ccc(O)c(F)c2F)CC1. The van der Waals surface area contributed by atoms with Gasteiger partial charge in [-0.25, -0.2) is 4.39 Å². The lowest BCUT2D eigenvalue weighted by atomic mass is 9.79. The molecule has 1 aliphatic carbocycles. The molecule has 0 saturated heterocycles. The zero-order valence-corrected chi connectivity index (χ0v) is 9.34. The van der Waals surface area contributed by atoms with Crippen molar-refractivity contribution < 1.29 is 13.9 Å². The van der Waals surface area contributed by atoms with Crippen molar-refractivity contribution in [3.05, 3.63) is 29.3 Å².